The summed E-state index contributed by atoms with van der Waals surface area (Å²) in [6.45, 7) is 1.65. The van der Waals surface area contributed by atoms with E-state index in [1.165, 1.54) is 0 Å². The number of halogens is 3. The van der Waals surface area contributed by atoms with Crippen LogP contribution in [0.3, 0.4) is 0 Å². The second-order valence-corrected chi connectivity index (χ2v) is 3.23. The molecule has 0 bridgehead atoms. The zero-order chi connectivity index (χ0) is 13.8. The van der Waals surface area contributed by atoms with Crippen LogP contribution in [0.4, 0.5) is 19.0 Å². The summed E-state index contributed by atoms with van der Waals surface area (Å²) in [5, 5.41) is 2.52. The number of nitrogens with two attached hydrogens (primary N) is 1. The lowest BCUT2D eigenvalue weighted by Gasteiger charge is -2.11. The number of primary amides is 1. The highest BCUT2D eigenvalue weighted by molar-refractivity contribution is 5.97. The molecule has 0 aliphatic heterocycles. The highest BCUT2D eigenvalue weighted by Gasteiger charge is 2.33. The van der Waals surface area contributed by atoms with Crippen LogP contribution in [0.5, 0.6) is 0 Å². The van der Waals surface area contributed by atoms with Crippen molar-refractivity contribution in [3.8, 4) is 11.8 Å². The predicted octanol–water partition coefficient (Wildman–Crippen LogP) is 1.63. The first kappa shape index (κ1) is 13.8. The molecule has 0 aliphatic carbocycles. The van der Waals surface area contributed by atoms with E-state index >= 15 is 0 Å². The summed E-state index contributed by atoms with van der Waals surface area (Å²) < 4.78 is 37.4. The molecule has 18 heavy (non-hydrogen) atoms. The lowest BCUT2D eigenvalue weighted by molar-refractivity contribution is -0.141. The van der Waals surface area contributed by atoms with E-state index in [2.05, 4.69) is 22.1 Å². The molecule has 1 aromatic rings. The van der Waals surface area contributed by atoms with E-state index in [0.717, 1.165) is 6.07 Å². The number of carbonyl (C=O) groups excluding carboxylic acids is 1. The van der Waals surface area contributed by atoms with Crippen LogP contribution in [-0.2, 0) is 6.18 Å². The van der Waals surface area contributed by atoms with E-state index in [-0.39, 0.29) is 17.9 Å². The van der Waals surface area contributed by atoms with E-state index in [4.69, 9.17) is 5.73 Å². The molecule has 0 radical (unpaired) electrons. The highest BCUT2D eigenvalue weighted by atomic mass is 19.4. The number of hydrogen-bond donors (Lipinski definition) is 2. The van der Waals surface area contributed by atoms with Gasteiger partial charge in [0.15, 0.2) is 0 Å². The van der Waals surface area contributed by atoms with Crippen LogP contribution in [0.2, 0.25) is 0 Å². The fourth-order valence-corrected chi connectivity index (χ4v) is 1.17. The molecule has 0 atom stereocenters. The van der Waals surface area contributed by atoms with Gasteiger partial charge in [0.05, 0.1) is 12.1 Å². The van der Waals surface area contributed by atoms with Gasteiger partial charge in [-0.3, -0.25) is 4.79 Å². The van der Waals surface area contributed by atoms with Crippen molar-refractivity contribution in [2.45, 2.75) is 13.1 Å². The maximum absolute atomic E-state index is 12.5. The summed E-state index contributed by atoms with van der Waals surface area (Å²) in [6.07, 6.45) is -4.58. The number of nitrogens with zero attached hydrogens (tertiary/aromatic N) is 1. The number of hydrogen-bond acceptors (Lipinski definition) is 3. The molecule has 0 aliphatic rings. The predicted molar refractivity (Wildman–Crippen MR) is 59.7 cm³/mol. The molecule has 1 aromatic heterocycles. The Morgan fingerprint density at radius 2 is 2.17 bits per heavy atom. The molecule has 7 heteroatoms. The van der Waals surface area contributed by atoms with Gasteiger partial charge in [-0.1, -0.05) is 5.92 Å². The zero-order valence-electron chi connectivity index (χ0n) is 9.43. The first-order valence-electron chi connectivity index (χ1n) is 4.87. The van der Waals surface area contributed by atoms with Crippen molar-refractivity contribution in [2.24, 2.45) is 5.73 Å². The summed E-state index contributed by atoms with van der Waals surface area (Å²) in [4.78, 5) is 14.4. The van der Waals surface area contributed by atoms with Crippen LogP contribution >= 0.6 is 0 Å². The van der Waals surface area contributed by atoms with Crippen LogP contribution < -0.4 is 11.1 Å². The molecule has 1 amide bonds. The molecule has 0 saturated heterocycles. The second-order valence-electron chi connectivity index (χ2n) is 3.23. The maximum atomic E-state index is 12.5. The molecular formula is C11H10F3N3O. The smallest absolute Gasteiger partial charge is 0.365 e. The Hall–Kier alpha value is -2.23. The van der Waals surface area contributed by atoms with Crippen LogP contribution in [-0.4, -0.2) is 17.4 Å². The van der Waals surface area contributed by atoms with E-state index < -0.39 is 17.8 Å². The first-order chi connectivity index (χ1) is 8.36. The van der Waals surface area contributed by atoms with Crippen molar-refractivity contribution < 1.29 is 18.0 Å². The third-order valence-corrected chi connectivity index (χ3v) is 1.97. The van der Waals surface area contributed by atoms with Gasteiger partial charge in [-0.05, 0) is 19.1 Å². The Balaban J connectivity index is 3.14. The summed E-state index contributed by atoms with van der Waals surface area (Å²) in [5.41, 5.74) is 3.83. The number of amides is 1. The third-order valence-electron chi connectivity index (χ3n) is 1.97. The lowest BCUT2D eigenvalue weighted by Crippen LogP contribution is -2.18. The third kappa shape index (κ3) is 3.38. The van der Waals surface area contributed by atoms with Crippen molar-refractivity contribution in [1.82, 2.24) is 4.98 Å². The minimum atomic E-state index is -4.58. The number of anilines is 1. The molecule has 0 aromatic carbocycles. The van der Waals surface area contributed by atoms with Gasteiger partial charge < -0.3 is 11.1 Å². The number of alkyl halides is 3. The fourth-order valence-electron chi connectivity index (χ4n) is 1.17. The van der Waals surface area contributed by atoms with Crippen molar-refractivity contribution in [3.63, 3.8) is 0 Å². The summed E-state index contributed by atoms with van der Waals surface area (Å²) in [7, 11) is 0. The standard InChI is InChI=1S/C11H10F3N3O/c1-2-3-6-16-10-7(9(15)18)4-5-8(17-10)11(12,13)14/h4-5H,6H2,1H3,(H2,15,18)(H,16,17). The topological polar surface area (TPSA) is 68.0 Å². The van der Waals surface area contributed by atoms with Gasteiger partial charge in [-0.15, -0.1) is 5.92 Å². The number of carbonyl (C=O) groups is 1. The molecule has 0 saturated carbocycles. The quantitative estimate of drug-likeness (QED) is 0.809. The van der Waals surface area contributed by atoms with Crippen molar-refractivity contribution in [2.75, 3.05) is 11.9 Å². The molecule has 4 nitrogen and oxygen atoms in total. The fraction of sp³-hybridized carbons (Fsp3) is 0.273. The van der Waals surface area contributed by atoms with Crippen LogP contribution in [0, 0.1) is 11.8 Å². The van der Waals surface area contributed by atoms with Crippen LogP contribution in [0.15, 0.2) is 12.1 Å². The van der Waals surface area contributed by atoms with Gasteiger partial charge >= 0.3 is 6.18 Å². The maximum Gasteiger partial charge on any atom is 0.433 e. The summed E-state index contributed by atoms with van der Waals surface area (Å²) in [5.74, 6) is 4.06. The highest BCUT2D eigenvalue weighted by Crippen LogP contribution is 2.29. The number of aromatic nitrogens is 1. The average Bonchev–Trinajstić information content (AvgIpc) is 2.27. The Morgan fingerprint density at radius 1 is 1.50 bits per heavy atom. The van der Waals surface area contributed by atoms with E-state index in [0.29, 0.717) is 6.07 Å². The monoisotopic (exact) mass is 257 g/mol. The Kier molecular flexibility index (Phi) is 4.15. The Labute approximate surface area is 101 Å². The molecule has 0 fully saturated rings. The lowest BCUT2D eigenvalue weighted by atomic mass is 10.2. The Morgan fingerprint density at radius 3 is 2.67 bits per heavy atom. The van der Waals surface area contributed by atoms with Gasteiger partial charge in [0.25, 0.3) is 5.91 Å². The molecule has 1 heterocycles. The zero-order valence-corrected chi connectivity index (χ0v) is 9.43. The van der Waals surface area contributed by atoms with Gasteiger partial charge in [-0.2, -0.15) is 13.2 Å². The van der Waals surface area contributed by atoms with Crippen molar-refractivity contribution in [1.29, 1.82) is 0 Å². The van der Waals surface area contributed by atoms with Crippen molar-refractivity contribution >= 4 is 11.7 Å². The normalized spacial score (nSPS) is 10.4. The first-order valence-corrected chi connectivity index (χ1v) is 4.87. The number of rotatable bonds is 3. The van der Waals surface area contributed by atoms with Crippen molar-refractivity contribution in [3.05, 3.63) is 23.4 Å². The minimum Gasteiger partial charge on any atom is -0.365 e. The van der Waals surface area contributed by atoms with E-state index in [1.807, 2.05) is 0 Å². The minimum absolute atomic E-state index is 0.0745. The van der Waals surface area contributed by atoms with Crippen LogP contribution in [0.25, 0.3) is 0 Å². The summed E-state index contributed by atoms with van der Waals surface area (Å²) >= 11 is 0. The molecule has 96 valence electrons. The molecular weight excluding hydrogens is 247 g/mol. The molecule has 1 rings (SSSR count). The molecule has 0 spiro atoms. The number of nitrogens with one attached hydrogen (secondary N) is 1. The van der Waals surface area contributed by atoms with E-state index in [9.17, 15) is 18.0 Å². The van der Waals surface area contributed by atoms with Gasteiger partial charge in [0, 0.05) is 0 Å². The molecule has 0 unspecified atom stereocenters. The van der Waals surface area contributed by atoms with Crippen LogP contribution in [0.1, 0.15) is 23.0 Å². The average molecular weight is 257 g/mol. The number of pyridine rings is 1. The van der Waals surface area contributed by atoms with Gasteiger partial charge in [-0.25, -0.2) is 4.98 Å². The van der Waals surface area contributed by atoms with Gasteiger partial charge in [0.1, 0.15) is 11.5 Å². The van der Waals surface area contributed by atoms with E-state index in [1.54, 1.807) is 6.92 Å². The molecule has 3 N–H and O–H groups in total. The SMILES string of the molecule is CC#CCNc1nc(C(F)(F)F)ccc1C(N)=O. The van der Waals surface area contributed by atoms with Gasteiger partial charge in [0.2, 0.25) is 0 Å². The second kappa shape index (κ2) is 5.40. The largest absolute Gasteiger partial charge is 0.433 e. The summed E-state index contributed by atoms with van der Waals surface area (Å²) in [6, 6.07) is 1.69. The Bertz CT molecular complexity index is 514.